The average molecular weight is 236 g/mol. The zero-order valence-electron chi connectivity index (χ0n) is 10.1. The van der Waals surface area contributed by atoms with Gasteiger partial charge in [-0.3, -0.25) is 4.79 Å². The molecule has 1 rings (SSSR count). The monoisotopic (exact) mass is 236 g/mol. The van der Waals surface area contributed by atoms with Crippen molar-refractivity contribution in [2.24, 2.45) is 11.5 Å². The Morgan fingerprint density at radius 1 is 1.29 bits per heavy atom. The number of hydrogen-bond donors (Lipinski definition) is 2. The van der Waals surface area contributed by atoms with Crippen LogP contribution < -0.4 is 11.5 Å². The number of carbonyl (C=O) groups excluding carboxylic acids is 1. The van der Waals surface area contributed by atoms with E-state index in [4.69, 9.17) is 16.2 Å². The van der Waals surface area contributed by atoms with Gasteiger partial charge in [0, 0.05) is 6.04 Å². The van der Waals surface area contributed by atoms with Crippen LogP contribution in [0.2, 0.25) is 0 Å². The predicted molar refractivity (Wildman–Crippen MR) is 67.1 cm³/mol. The second kappa shape index (κ2) is 7.04. The first-order chi connectivity index (χ1) is 8.13. The molecule has 0 unspecified atom stereocenters. The largest absolute Gasteiger partial charge is 0.460 e. The molecule has 1 aromatic rings. The van der Waals surface area contributed by atoms with Crippen LogP contribution in [0.25, 0.3) is 0 Å². The fourth-order valence-corrected chi connectivity index (χ4v) is 1.42. The molecule has 1 aromatic carbocycles. The van der Waals surface area contributed by atoms with Crippen molar-refractivity contribution in [2.75, 3.05) is 0 Å². The Kier molecular flexibility index (Phi) is 5.66. The summed E-state index contributed by atoms with van der Waals surface area (Å²) in [4.78, 5) is 11.6. The first kappa shape index (κ1) is 13.7. The number of hydrogen-bond acceptors (Lipinski definition) is 4. The number of ether oxygens (including phenoxy) is 1. The van der Waals surface area contributed by atoms with Crippen LogP contribution in [0.3, 0.4) is 0 Å². The third-order valence-electron chi connectivity index (χ3n) is 2.61. The van der Waals surface area contributed by atoms with Gasteiger partial charge in [0.05, 0.1) is 0 Å². The summed E-state index contributed by atoms with van der Waals surface area (Å²) in [5.41, 5.74) is 12.4. The van der Waals surface area contributed by atoms with Crippen molar-refractivity contribution in [2.45, 2.75) is 38.5 Å². The molecule has 0 saturated carbocycles. The first-order valence-corrected chi connectivity index (χ1v) is 5.85. The summed E-state index contributed by atoms with van der Waals surface area (Å²) < 4.78 is 5.12. The lowest BCUT2D eigenvalue weighted by Gasteiger charge is -2.15. The van der Waals surface area contributed by atoms with E-state index in [2.05, 4.69) is 0 Å². The van der Waals surface area contributed by atoms with Crippen molar-refractivity contribution in [1.82, 2.24) is 0 Å². The number of esters is 1. The highest BCUT2D eigenvalue weighted by Crippen LogP contribution is 2.04. The van der Waals surface area contributed by atoms with E-state index in [1.54, 1.807) is 0 Å². The number of benzene rings is 1. The van der Waals surface area contributed by atoms with Crippen LogP contribution >= 0.6 is 0 Å². The molecule has 2 atom stereocenters. The summed E-state index contributed by atoms with van der Waals surface area (Å²) in [6.07, 6.45) is 1.27. The Labute approximate surface area is 102 Å². The van der Waals surface area contributed by atoms with Gasteiger partial charge in [-0.05, 0) is 18.4 Å². The van der Waals surface area contributed by atoms with Gasteiger partial charge in [-0.1, -0.05) is 37.3 Å². The Morgan fingerprint density at radius 3 is 2.53 bits per heavy atom. The lowest BCUT2D eigenvalue weighted by molar-refractivity contribution is -0.146. The lowest BCUT2D eigenvalue weighted by Crippen LogP contribution is -2.38. The van der Waals surface area contributed by atoms with Crippen LogP contribution in [0.15, 0.2) is 30.3 Å². The molecule has 0 heterocycles. The molecule has 0 aliphatic carbocycles. The highest BCUT2D eigenvalue weighted by atomic mass is 16.5. The van der Waals surface area contributed by atoms with Gasteiger partial charge in [-0.2, -0.15) is 0 Å². The van der Waals surface area contributed by atoms with Gasteiger partial charge in [0.25, 0.3) is 0 Å². The lowest BCUT2D eigenvalue weighted by atomic mass is 10.1. The zero-order valence-corrected chi connectivity index (χ0v) is 10.1. The van der Waals surface area contributed by atoms with Gasteiger partial charge in [0.15, 0.2) is 0 Å². The van der Waals surface area contributed by atoms with Gasteiger partial charge >= 0.3 is 5.97 Å². The van der Waals surface area contributed by atoms with Crippen LogP contribution in [-0.4, -0.2) is 18.1 Å². The fourth-order valence-electron chi connectivity index (χ4n) is 1.42. The van der Waals surface area contributed by atoms with Crippen molar-refractivity contribution in [3.05, 3.63) is 35.9 Å². The molecule has 17 heavy (non-hydrogen) atoms. The molecular formula is C13H20N2O2. The van der Waals surface area contributed by atoms with Gasteiger partial charge < -0.3 is 16.2 Å². The average Bonchev–Trinajstić information content (AvgIpc) is 2.36. The topological polar surface area (TPSA) is 78.3 Å². The molecule has 4 N–H and O–H groups in total. The summed E-state index contributed by atoms with van der Waals surface area (Å²) in [6.45, 7) is 2.22. The summed E-state index contributed by atoms with van der Waals surface area (Å²) in [5.74, 6) is -0.391. The summed E-state index contributed by atoms with van der Waals surface area (Å²) in [6, 6.07) is 8.83. The Morgan fingerprint density at radius 2 is 1.94 bits per heavy atom. The van der Waals surface area contributed by atoms with E-state index in [1.807, 2.05) is 37.3 Å². The predicted octanol–water partition coefficient (Wildman–Crippen LogP) is 1.18. The van der Waals surface area contributed by atoms with E-state index >= 15 is 0 Å². The fraction of sp³-hybridized carbons (Fsp3) is 0.462. The molecule has 94 valence electrons. The Bertz CT molecular complexity index is 341. The minimum atomic E-state index is -0.631. The summed E-state index contributed by atoms with van der Waals surface area (Å²) in [5, 5.41) is 0. The minimum absolute atomic E-state index is 0.0470. The molecule has 0 aromatic heterocycles. The number of carbonyl (C=O) groups is 1. The maximum Gasteiger partial charge on any atom is 0.323 e. The van der Waals surface area contributed by atoms with Crippen molar-refractivity contribution in [1.29, 1.82) is 0 Å². The van der Waals surface area contributed by atoms with Crippen LogP contribution in [-0.2, 0) is 16.1 Å². The standard InChI is InChI=1S/C13H20N2O2/c1-2-11(14)8-12(15)13(16)17-9-10-6-4-3-5-7-10/h3-7,11-12H,2,8-9,14-15H2,1H3/t11-,12+/m1/s1. The quantitative estimate of drug-likeness (QED) is 0.727. The van der Waals surface area contributed by atoms with Gasteiger partial charge in [0.1, 0.15) is 12.6 Å². The van der Waals surface area contributed by atoms with Gasteiger partial charge in [-0.15, -0.1) is 0 Å². The summed E-state index contributed by atoms with van der Waals surface area (Å²) in [7, 11) is 0. The maximum absolute atomic E-state index is 11.6. The van der Waals surface area contributed by atoms with Crippen LogP contribution in [0.4, 0.5) is 0 Å². The second-order valence-electron chi connectivity index (χ2n) is 4.10. The third-order valence-corrected chi connectivity index (χ3v) is 2.61. The third kappa shape index (κ3) is 4.97. The van der Waals surface area contributed by atoms with Crippen LogP contribution in [0, 0.1) is 0 Å². The van der Waals surface area contributed by atoms with Crippen LogP contribution in [0.1, 0.15) is 25.3 Å². The molecule has 0 aliphatic rings. The van der Waals surface area contributed by atoms with E-state index in [0.29, 0.717) is 6.42 Å². The molecule has 0 aliphatic heterocycles. The van der Waals surface area contributed by atoms with E-state index in [-0.39, 0.29) is 12.6 Å². The van der Waals surface area contributed by atoms with Crippen LogP contribution in [0.5, 0.6) is 0 Å². The van der Waals surface area contributed by atoms with Crippen molar-refractivity contribution >= 4 is 5.97 Å². The molecule has 0 amide bonds. The molecular weight excluding hydrogens is 216 g/mol. The molecule has 4 nitrogen and oxygen atoms in total. The number of nitrogens with two attached hydrogens (primary N) is 2. The maximum atomic E-state index is 11.6. The SMILES string of the molecule is CC[C@@H](N)C[C@H](N)C(=O)OCc1ccccc1. The van der Waals surface area contributed by atoms with Crippen molar-refractivity contribution < 1.29 is 9.53 Å². The Balaban J connectivity index is 2.34. The molecule has 0 saturated heterocycles. The van der Waals surface area contributed by atoms with E-state index in [0.717, 1.165) is 12.0 Å². The van der Waals surface area contributed by atoms with Crippen molar-refractivity contribution in [3.8, 4) is 0 Å². The van der Waals surface area contributed by atoms with E-state index in [9.17, 15) is 4.79 Å². The highest BCUT2D eigenvalue weighted by molar-refractivity contribution is 5.75. The molecule has 0 spiro atoms. The summed E-state index contributed by atoms with van der Waals surface area (Å²) >= 11 is 0. The zero-order chi connectivity index (χ0) is 12.7. The molecule has 0 fully saturated rings. The van der Waals surface area contributed by atoms with Gasteiger partial charge in [-0.25, -0.2) is 0 Å². The smallest absolute Gasteiger partial charge is 0.323 e. The second-order valence-corrected chi connectivity index (χ2v) is 4.10. The van der Waals surface area contributed by atoms with Crippen molar-refractivity contribution in [3.63, 3.8) is 0 Å². The molecule has 0 radical (unpaired) electrons. The molecule has 4 heteroatoms. The van der Waals surface area contributed by atoms with E-state index in [1.165, 1.54) is 0 Å². The van der Waals surface area contributed by atoms with Gasteiger partial charge in [0.2, 0.25) is 0 Å². The number of rotatable bonds is 6. The molecule has 0 bridgehead atoms. The normalized spacial score (nSPS) is 14.1. The highest BCUT2D eigenvalue weighted by Gasteiger charge is 2.17. The first-order valence-electron chi connectivity index (χ1n) is 5.85. The minimum Gasteiger partial charge on any atom is -0.460 e. The van der Waals surface area contributed by atoms with E-state index < -0.39 is 12.0 Å². The Hall–Kier alpha value is -1.39.